The molecule has 0 aliphatic heterocycles. The number of amides is 9. The summed E-state index contributed by atoms with van der Waals surface area (Å²) in [4.78, 5) is 142. The van der Waals surface area contributed by atoms with Crippen molar-refractivity contribution in [2.24, 2.45) is 62.1 Å². The van der Waals surface area contributed by atoms with E-state index < -0.39 is 126 Å². The Labute approximate surface area is 449 Å². The van der Waals surface area contributed by atoms with Gasteiger partial charge in [-0.2, -0.15) is 0 Å². The Balaban J connectivity index is 3.46. The second kappa shape index (κ2) is 34.7. The van der Waals surface area contributed by atoms with E-state index >= 15 is 0 Å². The molecule has 0 aromatic heterocycles. The number of aliphatic imine (C=N–C) groups is 2. The first-order valence-corrected chi connectivity index (χ1v) is 25.6. The van der Waals surface area contributed by atoms with Gasteiger partial charge in [0.25, 0.3) is 0 Å². The highest BCUT2D eigenvalue weighted by Crippen LogP contribution is 2.15. The largest absolute Gasteiger partial charge is 0.508 e. The molecule has 0 fully saturated rings. The SMILES string of the molecule is CC[C@H](C)[C@H](NC(=O)[C@H](Cc1ccc(O)cc1)NC(=O)CN)C(=O)N[C@@H](CCCN=C(N)N)C(=O)N[C@@H](C)C(=O)N[C@@H](CC(C)C)C(=O)N[C@@H](CCC(N)=O)C(=O)N[C@@H](CCCN=C(N)N)C(=O)N[C@@H](CC(C)C)C(=O)O. The zero-order chi connectivity index (χ0) is 58.5. The molecule has 0 aliphatic carbocycles. The molecule has 0 saturated heterocycles. The number of aliphatic carboxylic acids is 1. The van der Waals surface area contributed by atoms with E-state index in [1.807, 2.05) is 0 Å². The van der Waals surface area contributed by atoms with Crippen molar-refractivity contribution in [2.75, 3.05) is 19.6 Å². The molecule has 0 spiro atoms. The van der Waals surface area contributed by atoms with Gasteiger partial charge in [-0.1, -0.05) is 60.1 Å². The summed E-state index contributed by atoms with van der Waals surface area (Å²) in [5.41, 5.74) is 33.4. The van der Waals surface area contributed by atoms with Gasteiger partial charge < -0.3 is 87.1 Å². The number of nitrogens with zero attached hydrogens (tertiary/aromatic N) is 2. The second-order valence-electron chi connectivity index (χ2n) is 19.6. The van der Waals surface area contributed by atoms with E-state index in [1.165, 1.54) is 19.1 Å². The first kappa shape index (κ1) is 67.2. The highest BCUT2D eigenvalue weighted by molar-refractivity contribution is 5.98. The van der Waals surface area contributed by atoms with Crippen molar-refractivity contribution in [1.82, 2.24) is 42.5 Å². The van der Waals surface area contributed by atoms with Gasteiger partial charge in [-0.05, 0) is 87.3 Å². The first-order chi connectivity index (χ1) is 36.1. The summed E-state index contributed by atoms with van der Waals surface area (Å²) < 4.78 is 0. The number of carboxylic acids is 1. The van der Waals surface area contributed by atoms with Gasteiger partial charge in [0, 0.05) is 25.9 Å². The van der Waals surface area contributed by atoms with Crippen molar-refractivity contribution in [1.29, 1.82) is 0 Å². The zero-order valence-electron chi connectivity index (χ0n) is 45.2. The van der Waals surface area contributed by atoms with E-state index in [1.54, 1.807) is 53.7 Å². The number of guanidine groups is 2. The molecule has 0 saturated carbocycles. The summed E-state index contributed by atoms with van der Waals surface area (Å²) in [6.07, 6.45) is -0.170. The van der Waals surface area contributed by atoms with Crippen LogP contribution in [0.3, 0.4) is 0 Å². The fourth-order valence-electron chi connectivity index (χ4n) is 7.54. The Hall–Kier alpha value is -7.78. The molecule has 9 atom stereocenters. The lowest BCUT2D eigenvalue weighted by molar-refractivity contribution is -0.143. The number of carboxylic acid groups (broad SMARTS) is 1. The average molecular weight is 1090 g/mol. The highest BCUT2D eigenvalue weighted by Gasteiger charge is 2.35. The van der Waals surface area contributed by atoms with E-state index in [0.29, 0.717) is 12.0 Å². The number of primary amides is 1. The van der Waals surface area contributed by atoms with Gasteiger partial charge in [0.1, 0.15) is 54.1 Å². The van der Waals surface area contributed by atoms with Gasteiger partial charge in [0.05, 0.1) is 6.54 Å². The number of rotatable bonds is 36. The van der Waals surface area contributed by atoms with Crippen molar-refractivity contribution in [3.8, 4) is 5.75 Å². The number of nitrogens with one attached hydrogen (secondary N) is 8. The lowest BCUT2D eigenvalue weighted by Crippen LogP contribution is -2.60. The molecule has 22 N–H and O–H groups in total. The summed E-state index contributed by atoms with van der Waals surface area (Å²) in [5, 5.41) is 40.1. The van der Waals surface area contributed by atoms with Crippen LogP contribution in [-0.4, -0.2) is 149 Å². The van der Waals surface area contributed by atoms with Crippen molar-refractivity contribution in [3.05, 3.63) is 29.8 Å². The number of hydrogen-bond donors (Lipinski definition) is 16. The normalized spacial score (nSPS) is 14.5. The molecule has 0 aliphatic rings. The topological polar surface area (TPSA) is 488 Å². The average Bonchev–Trinajstić information content (AvgIpc) is 3.34. The van der Waals surface area contributed by atoms with Gasteiger partial charge in [-0.15, -0.1) is 0 Å². The molecule has 432 valence electrons. The van der Waals surface area contributed by atoms with Crippen molar-refractivity contribution in [3.63, 3.8) is 0 Å². The molecule has 9 amide bonds. The number of nitrogens with two attached hydrogens (primary N) is 6. The van der Waals surface area contributed by atoms with Crippen molar-refractivity contribution in [2.45, 2.75) is 161 Å². The Morgan fingerprint density at radius 3 is 1.42 bits per heavy atom. The molecule has 77 heavy (non-hydrogen) atoms. The van der Waals surface area contributed by atoms with Crippen LogP contribution in [0.25, 0.3) is 0 Å². The van der Waals surface area contributed by atoms with Crippen LogP contribution in [0, 0.1) is 17.8 Å². The van der Waals surface area contributed by atoms with Crippen LogP contribution in [0.2, 0.25) is 0 Å². The van der Waals surface area contributed by atoms with Crippen LogP contribution < -0.4 is 76.9 Å². The molecule has 1 rings (SSSR count). The summed E-state index contributed by atoms with van der Waals surface area (Å²) >= 11 is 0. The molecule has 1 aromatic carbocycles. The predicted octanol–water partition coefficient (Wildman–Crippen LogP) is -3.61. The standard InChI is InChI=1S/C49H84N16O12/c1-8-27(6)39(65-45(74)35(59-38(68)24-50)23-29-13-15-30(66)16-14-29)46(75)62-31(11-9-19-56-48(52)53)41(70)58-28(7)40(69)63-34(21-25(2)3)44(73)61-33(17-18-37(51)67)43(72)60-32(12-10-20-57-49(54)55)42(71)64-36(47(76)77)22-26(4)5/h13-16,25-28,31-36,39,66H,8-12,17-24,50H2,1-7H3,(H2,51,67)(H,58,70)(H,59,68)(H,60,72)(H,61,73)(H,62,75)(H,63,69)(H,64,71)(H,65,74)(H,76,77)(H4,52,53,56)(H4,54,55,57)/t27-,28-,31-,32-,33-,34-,35-,36-,39-/m0/s1. The number of carbonyl (C=O) groups is 10. The number of phenolic OH excluding ortho intramolecular Hbond substituents is 1. The van der Waals surface area contributed by atoms with Crippen molar-refractivity contribution < 1.29 is 58.2 Å². The van der Waals surface area contributed by atoms with Crippen LogP contribution in [0.1, 0.15) is 112 Å². The second-order valence-corrected chi connectivity index (χ2v) is 19.6. The quantitative estimate of drug-likeness (QED) is 0.0175. The monoisotopic (exact) mass is 1090 g/mol. The number of hydrogen-bond acceptors (Lipinski definition) is 14. The maximum atomic E-state index is 14.1. The minimum absolute atomic E-state index is 0.00252. The highest BCUT2D eigenvalue weighted by atomic mass is 16.4. The molecule has 0 heterocycles. The first-order valence-electron chi connectivity index (χ1n) is 25.6. The maximum absolute atomic E-state index is 14.1. The van der Waals surface area contributed by atoms with E-state index in [-0.39, 0.29) is 94.0 Å². The third kappa shape index (κ3) is 27.0. The summed E-state index contributed by atoms with van der Waals surface area (Å²) in [5.74, 6) is -10.0. The van der Waals surface area contributed by atoms with Crippen molar-refractivity contribution >= 4 is 71.1 Å². The maximum Gasteiger partial charge on any atom is 0.326 e. The zero-order valence-corrected chi connectivity index (χ0v) is 45.2. The minimum Gasteiger partial charge on any atom is -0.508 e. The molecular formula is C49H84N16O12. The van der Waals surface area contributed by atoms with E-state index in [0.717, 1.165) is 0 Å². The van der Waals surface area contributed by atoms with Gasteiger partial charge in [-0.25, -0.2) is 4.79 Å². The molecular weight excluding hydrogens is 1000 g/mol. The summed E-state index contributed by atoms with van der Waals surface area (Å²) in [6, 6.07) is -4.76. The number of carbonyl (C=O) groups excluding carboxylic acids is 9. The third-order valence-electron chi connectivity index (χ3n) is 11.9. The van der Waals surface area contributed by atoms with Crippen LogP contribution >= 0.6 is 0 Å². The Morgan fingerprint density at radius 2 is 0.961 bits per heavy atom. The smallest absolute Gasteiger partial charge is 0.326 e. The van der Waals surface area contributed by atoms with Gasteiger partial charge in [0.2, 0.25) is 53.2 Å². The van der Waals surface area contributed by atoms with Crippen LogP contribution in [0.5, 0.6) is 5.75 Å². The predicted molar refractivity (Wildman–Crippen MR) is 286 cm³/mol. The molecule has 1 aromatic rings. The lowest BCUT2D eigenvalue weighted by atomic mass is 9.96. The molecule has 28 nitrogen and oxygen atoms in total. The van der Waals surface area contributed by atoms with Gasteiger partial charge in [-0.3, -0.25) is 53.1 Å². The molecule has 28 heteroatoms. The molecule has 0 radical (unpaired) electrons. The summed E-state index contributed by atoms with van der Waals surface area (Å²) in [6.45, 7) is 11.5. The lowest BCUT2D eigenvalue weighted by Gasteiger charge is -2.29. The fourth-order valence-corrected chi connectivity index (χ4v) is 7.54. The van der Waals surface area contributed by atoms with Crippen LogP contribution in [0.15, 0.2) is 34.3 Å². The number of benzene rings is 1. The van der Waals surface area contributed by atoms with Gasteiger partial charge >= 0.3 is 5.97 Å². The Kier molecular flexibility index (Phi) is 30.3. The minimum atomic E-state index is -1.51. The van der Waals surface area contributed by atoms with E-state index in [2.05, 4.69) is 52.5 Å². The number of aromatic hydroxyl groups is 1. The summed E-state index contributed by atoms with van der Waals surface area (Å²) in [7, 11) is 0. The molecule has 0 unspecified atom stereocenters. The van der Waals surface area contributed by atoms with E-state index in [4.69, 9.17) is 34.4 Å². The Morgan fingerprint density at radius 1 is 0.532 bits per heavy atom. The fraction of sp³-hybridized carbons (Fsp3) is 0.633. The number of phenols is 1. The van der Waals surface area contributed by atoms with Crippen LogP contribution in [0.4, 0.5) is 0 Å². The molecule has 0 bridgehead atoms. The van der Waals surface area contributed by atoms with Gasteiger partial charge in [0.15, 0.2) is 11.9 Å². The third-order valence-corrected chi connectivity index (χ3v) is 11.9. The van der Waals surface area contributed by atoms with E-state index in [9.17, 15) is 58.2 Å². The Bertz CT molecular complexity index is 2200. The van der Waals surface area contributed by atoms with Crippen LogP contribution in [-0.2, 0) is 54.4 Å².